The number of sulfonamides is 1. The van der Waals surface area contributed by atoms with E-state index in [4.69, 9.17) is 0 Å². The average Bonchev–Trinajstić information content (AvgIpc) is 3.15. The lowest BCUT2D eigenvalue weighted by Crippen LogP contribution is -2.32. The van der Waals surface area contributed by atoms with Gasteiger partial charge in [-0.25, -0.2) is 12.8 Å². The lowest BCUT2D eigenvalue weighted by Gasteiger charge is -2.23. The van der Waals surface area contributed by atoms with Gasteiger partial charge in [0.1, 0.15) is 5.82 Å². The van der Waals surface area contributed by atoms with E-state index in [0.29, 0.717) is 13.1 Å². The van der Waals surface area contributed by atoms with Crippen molar-refractivity contribution in [3.05, 3.63) is 90.0 Å². The first-order valence-corrected chi connectivity index (χ1v) is 11.4. The van der Waals surface area contributed by atoms with Crippen LogP contribution in [-0.4, -0.2) is 23.8 Å². The van der Waals surface area contributed by atoms with Crippen LogP contribution in [-0.2, 0) is 23.1 Å². The summed E-state index contributed by atoms with van der Waals surface area (Å²) >= 11 is 0. The van der Waals surface area contributed by atoms with Crippen molar-refractivity contribution in [3.8, 4) is 0 Å². The molecule has 0 aliphatic rings. The van der Waals surface area contributed by atoms with Crippen LogP contribution < -0.4 is 0 Å². The molecule has 0 bridgehead atoms. The van der Waals surface area contributed by atoms with E-state index in [1.54, 1.807) is 0 Å². The topological polar surface area (TPSA) is 42.3 Å². The summed E-state index contributed by atoms with van der Waals surface area (Å²) in [6.07, 6.45) is 4.72. The molecule has 0 aliphatic heterocycles. The van der Waals surface area contributed by atoms with E-state index in [-0.39, 0.29) is 11.4 Å². The predicted octanol–water partition coefficient (Wildman–Crippen LogP) is 5.06. The summed E-state index contributed by atoms with van der Waals surface area (Å²) in [5, 5.41) is 0. The van der Waals surface area contributed by atoms with E-state index in [0.717, 1.165) is 30.5 Å². The number of hydrogen-bond acceptors (Lipinski definition) is 2. The Labute approximate surface area is 172 Å². The summed E-state index contributed by atoms with van der Waals surface area (Å²) in [7, 11) is -3.71. The third-order valence-electron chi connectivity index (χ3n) is 4.92. The molecule has 2 aromatic carbocycles. The highest BCUT2D eigenvalue weighted by atomic mass is 32.2. The van der Waals surface area contributed by atoms with Gasteiger partial charge in [-0.1, -0.05) is 50.1 Å². The zero-order valence-corrected chi connectivity index (χ0v) is 17.5. The predicted molar refractivity (Wildman–Crippen MR) is 113 cm³/mol. The number of unbranched alkanes of at least 4 members (excludes halogenated alkanes) is 2. The third kappa shape index (κ3) is 5.55. The highest BCUT2D eigenvalue weighted by molar-refractivity contribution is 7.89. The molecular formula is C23H27FN2O2S. The fraction of sp³-hybridized carbons (Fsp3) is 0.304. The van der Waals surface area contributed by atoms with Crippen molar-refractivity contribution in [1.29, 1.82) is 0 Å². The van der Waals surface area contributed by atoms with Crippen molar-refractivity contribution in [1.82, 2.24) is 8.87 Å². The highest BCUT2D eigenvalue weighted by Crippen LogP contribution is 2.21. The molecule has 0 atom stereocenters. The second kappa shape index (κ2) is 9.85. The number of halogens is 1. The Balaban J connectivity index is 1.85. The van der Waals surface area contributed by atoms with Gasteiger partial charge in [-0.3, -0.25) is 0 Å². The number of rotatable bonds is 10. The average molecular weight is 415 g/mol. The van der Waals surface area contributed by atoms with Crippen molar-refractivity contribution >= 4 is 10.0 Å². The summed E-state index contributed by atoms with van der Waals surface area (Å²) < 4.78 is 43.3. The highest BCUT2D eigenvalue weighted by Gasteiger charge is 2.25. The maximum atomic E-state index is 13.3. The first kappa shape index (κ1) is 21.3. The lowest BCUT2D eigenvalue weighted by atomic mass is 10.2. The Morgan fingerprint density at radius 2 is 1.66 bits per heavy atom. The Bertz CT molecular complexity index is 999. The molecule has 6 heteroatoms. The molecule has 1 heterocycles. The van der Waals surface area contributed by atoms with Crippen molar-refractivity contribution in [3.63, 3.8) is 0 Å². The zero-order chi connectivity index (χ0) is 20.7. The fourth-order valence-corrected chi connectivity index (χ4v) is 4.74. The minimum atomic E-state index is -3.71. The Morgan fingerprint density at radius 3 is 2.34 bits per heavy atom. The van der Waals surface area contributed by atoms with Gasteiger partial charge in [-0.05, 0) is 48.4 Å². The Kier molecular flexibility index (Phi) is 7.23. The molecule has 1 aromatic heterocycles. The molecule has 0 saturated carbocycles. The van der Waals surface area contributed by atoms with Gasteiger partial charge in [0.2, 0.25) is 10.0 Å². The van der Waals surface area contributed by atoms with Crippen molar-refractivity contribution < 1.29 is 12.8 Å². The minimum absolute atomic E-state index is 0.122. The molecule has 3 aromatic rings. The molecule has 0 fully saturated rings. The Morgan fingerprint density at radius 1 is 0.931 bits per heavy atom. The van der Waals surface area contributed by atoms with Crippen LogP contribution in [0, 0.1) is 5.82 Å². The van der Waals surface area contributed by atoms with E-state index in [2.05, 4.69) is 23.6 Å². The summed E-state index contributed by atoms with van der Waals surface area (Å²) in [6.45, 7) is 3.49. The smallest absolute Gasteiger partial charge is 0.243 e. The largest absolute Gasteiger partial charge is 0.346 e. The Hall–Kier alpha value is -2.44. The number of aromatic nitrogens is 1. The van der Waals surface area contributed by atoms with E-state index in [9.17, 15) is 12.8 Å². The first-order valence-electron chi connectivity index (χ1n) is 9.94. The quantitative estimate of drug-likeness (QED) is 0.435. The second-order valence-corrected chi connectivity index (χ2v) is 9.05. The van der Waals surface area contributed by atoms with E-state index >= 15 is 0 Å². The standard InChI is InChI=1S/C23H27FN2O2S/c1-2-3-7-17-26(29(27,28)23-14-12-21(24)13-15-23)19-22-11-8-16-25(22)18-20-9-5-4-6-10-20/h4-6,8-16H,2-3,7,17-19H2,1H3. The van der Waals surface area contributed by atoms with Gasteiger partial charge in [0.05, 0.1) is 11.4 Å². The van der Waals surface area contributed by atoms with Gasteiger partial charge < -0.3 is 4.57 Å². The molecule has 154 valence electrons. The van der Waals surface area contributed by atoms with Gasteiger partial charge >= 0.3 is 0 Å². The van der Waals surface area contributed by atoms with Crippen LogP contribution in [0.2, 0.25) is 0 Å². The van der Waals surface area contributed by atoms with Crippen molar-refractivity contribution in [2.45, 2.75) is 44.2 Å². The van der Waals surface area contributed by atoms with Gasteiger partial charge in [0, 0.05) is 25.0 Å². The molecular weight excluding hydrogens is 387 g/mol. The van der Waals surface area contributed by atoms with Crippen LogP contribution in [0.3, 0.4) is 0 Å². The molecule has 0 spiro atoms. The summed E-state index contributed by atoms with van der Waals surface area (Å²) in [5.41, 5.74) is 2.08. The van der Waals surface area contributed by atoms with Crippen LogP contribution in [0.4, 0.5) is 4.39 Å². The maximum Gasteiger partial charge on any atom is 0.243 e. The molecule has 0 aliphatic carbocycles. The molecule has 0 saturated heterocycles. The molecule has 4 nitrogen and oxygen atoms in total. The van der Waals surface area contributed by atoms with Crippen molar-refractivity contribution in [2.75, 3.05) is 6.54 Å². The monoisotopic (exact) mass is 414 g/mol. The van der Waals surface area contributed by atoms with Gasteiger partial charge in [-0.2, -0.15) is 4.31 Å². The molecule has 29 heavy (non-hydrogen) atoms. The second-order valence-electron chi connectivity index (χ2n) is 7.11. The maximum absolute atomic E-state index is 13.3. The number of benzene rings is 2. The molecule has 0 N–H and O–H groups in total. The summed E-state index contributed by atoms with van der Waals surface area (Å²) in [6, 6.07) is 19.0. The lowest BCUT2D eigenvalue weighted by molar-refractivity contribution is 0.385. The number of hydrogen-bond donors (Lipinski definition) is 0. The van der Waals surface area contributed by atoms with Crippen LogP contribution in [0.1, 0.15) is 37.4 Å². The summed E-state index contributed by atoms with van der Waals surface area (Å²) in [5.74, 6) is -0.446. The fourth-order valence-electron chi connectivity index (χ4n) is 3.29. The van der Waals surface area contributed by atoms with Crippen LogP contribution in [0.15, 0.2) is 77.8 Å². The van der Waals surface area contributed by atoms with Crippen LogP contribution in [0.25, 0.3) is 0 Å². The zero-order valence-electron chi connectivity index (χ0n) is 16.7. The van der Waals surface area contributed by atoms with E-state index in [1.807, 2.05) is 36.5 Å². The number of nitrogens with zero attached hydrogens (tertiary/aromatic N) is 2. The van der Waals surface area contributed by atoms with Gasteiger partial charge in [-0.15, -0.1) is 0 Å². The van der Waals surface area contributed by atoms with Crippen molar-refractivity contribution in [2.24, 2.45) is 0 Å². The third-order valence-corrected chi connectivity index (χ3v) is 6.78. The van der Waals surface area contributed by atoms with Crippen LogP contribution in [0.5, 0.6) is 0 Å². The first-order chi connectivity index (χ1) is 14.0. The molecule has 3 rings (SSSR count). The normalized spacial score (nSPS) is 11.8. The summed E-state index contributed by atoms with van der Waals surface area (Å²) in [4.78, 5) is 0.122. The van der Waals surface area contributed by atoms with Gasteiger partial charge in [0.25, 0.3) is 0 Å². The SMILES string of the molecule is CCCCCN(Cc1cccn1Cc1ccccc1)S(=O)(=O)c1ccc(F)cc1. The molecule has 0 amide bonds. The van der Waals surface area contributed by atoms with Gasteiger partial charge in [0.15, 0.2) is 0 Å². The molecule has 0 radical (unpaired) electrons. The minimum Gasteiger partial charge on any atom is -0.346 e. The van der Waals surface area contributed by atoms with E-state index in [1.165, 1.54) is 28.6 Å². The molecule has 0 unspecified atom stereocenters. The van der Waals surface area contributed by atoms with Crippen LogP contribution >= 0.6 is 0 Å². The van der Waals surface area contributed by atoms with E-state index < -0.39 is 15.8 Å².